The van der Waals surface area contributed by atoms with Gasteiger partial charge in [0.1, 0.15) is 5.82 Å². The van der Waals surface area contributed by atoms with E-state index in [2.05, 4.69) is 44.7 Å². The van der Waals surface area contributed by atoms with Crippen LogP contribution in [0.15, 0.2) is 12.4 Å². The van der Waals surface area contributed by atoms with Gasteiger partial charge in [-0.05, 0) is 26.2 Å². The Hall–Kier alpha value is -0.790. The van der Waals surface area contributed by atoms with Crippen molar-refractivity contribution in [1.29, 1.82) is 0 Å². The number of nitrogens with zero attached hydrogens (tertiary/aromatic N) is 2. The summed E-state index contributed by atoms with van der Waals surface area (Å²) < 4.78 is 2.61. The number of hydrogen-bond acceptors (Lipinski definition) is 1. The third kappa shape index (κ3) is 32.3. The maximum atomic E-state index is 5.07. The molecule has 0 saturated heterocycles. The minimum absolute atomic E-state index is 0.584. The predicted molar refractivity (Wildman–Crippen MR) is 245 cm³/mol. The van der Waals surface area contributed by atoms with Crippen molar-refractivity contribution in [2.45, 2.75) is 316 Å². The lowest BCUT2D eigenvalue weighted by Gasteiger charge is -2.22. The zero-order valence-corrected chi connectivity index (χ0v) is 38.1. The van der Waals surface area contributed by atoms with Gasteiger partial charge in [0.15, 0.2) is 0 Å². The van der Waals surface area contributed by atoms with E-state index in [0.29, 0.717) is 12.0 Å². The van der Waals surface area contributed by atoms with Gasteiger partial charge in [0.2, 0.25) is 0 Å². The summed E-state index contributed by atoms with van der Waals surface area (Å²) in [5.74, 6) is 2.07. The predicted octanol–water partition coefficient (Wildman–Crippen LogP) is 19.4. The maximum Gasteiger partial charge on any atom is 0.111 e. The molecule has 1 aromatic heterocycles. The number of rotatable bonds is 45. The number of imidazole rings is 1. The molecule has 0 bridgehead atoms. The summed E-state index contributed by atoms with van der Waals surface area (Å²) in [7, 11) is 0. The summed E-state index contributed by atoms with van der Waals surface area (Å²) in [5, 5.41) is 0. The highest BCUT2D eigenvalue weighted by molar-refractivity contribution is 5.02. The Kier molecular flexibility index (Phi) is 39.7. The molecule has 320 valence electrons. The van der Waals surface area contributed by atoms with Crippen LogP contribution in [0.5, 0.6) is 0 Å². The molecule has 2 nitrogen and oxygen atoms in total. The lowest BCUT2D eigenvalue weighted by Crippen LogP contribution is -2.13. The van der Waals surface area contributed by atoms with Crippen molar-refractivity contribution in [1.82, 2.24) is 9.55 Å². The van der Waals surface area contributed by atoms with E-state index in [1.54, 1.807) is 0 Å². The Morgan fingerprint density at radius 3 is 0.870 bits per heavy atom. The normalized spacial score (nSPS) is 12.9. The lowest BCUT2D eigenvalue weighted by atomic mass is 9.92. The molecule has 0 aromatic carbocycles. The molecule has 0 saturated carbocycles. The van der Waals surface area contributed by atoms with E-state index in [4.69, 9.17) is 4.98 Å². The van der Waals surface area contributed by atoms with Crippen LogP contribution in [0.1, 0.15) is 322 Å². The standard InChI is InChI=1S/C52H102N2/c1-5-8-11-14-17-20-22-24-26-28-30-32-35-38-41-44-47-51(46-43-40-37-33-19-16-13-10-7-3)52-53-48-49-54(52)50(4)45-42-39-36-34-31-29-27-25-23-21-18-15-12-9-6-2/h48-51H,5-47H2,1-4H3. The molecule has 0 aliphatic heterocycles. The first-order chi connectivity index (χ1) is 26.7. The van der Waals surface area contributed by atoms with E-state index in [1.807, 2.05) is 0 Å². The van der Waals surface area contributed by atoms with Gasteiger partial charge < -0.3 is 4.57 Å². The van der Waals surface area contributed by atoms with Gasteiger partial charge in [0.05, 0.1) is 0 Å². The third-order valence-electron chi connectivity index (χ3n) is 12.8. The number of aromatic nitrogens is 2. The second-order valence-electron chi connectivity index (χ2n) is 18.2. The highest BCUT2D eigenvalue weighted by Gasteiger charge is 2.19. The summed E-state index contributed by atoms with van der Waals surface area (Å²) >= 11 is 0. The molecule has 2 atom stereocenters. The Labute approximate surface area is 342 Å². The average molecular weight is 755 g/mol. The summed E-state index contributed by atoms with van der Waals surface area (Å²) in [6.07, 6.45) is 66.1. The van der Waals surface area contributed by atoms with Crippen molar-refractivity contribution in [3.8, 4) is 0 Å². The van der Waals surface area contributed by atoms with Crippen molar-refractivity contribution >= 4 is 0 Å². The molecule has 1 heterocycles. The maximum absolute atomic E-state index is 5.07. The summed E-state index contributed by atoms with van der Waals surface area (Å²) in [5.41, 5.74) is 0. The highest BCUT2D eigenvalue weighted by Crippen LogP contribution is 2.31. The van der Waals surface area contributed by atoms with E-state index in [-0.39, 0.29) is 0 Å². The van der Waals surface area contributed by atoms with Gasteiger partial charge in [0, 0.05) is 24.4 Å². The number of hydrogen-bond donors (Lipinski definition) is 0. The average Bonchev–Trinajstić information content (AvgIpc) is 3.68. The minimum atomic E-state index is 0.584. The van der Waals surface area contributed by atoms with E-state index >= 15 is 0 Å². The first kappa shape index (κ1) is 51.2. The first-order valence-corrected chi connectivity index (χ1v) is 25.8. The van der Waals surface area contributed by atoms with Gasteiger partial charge in [-0.1, -0.05) is 278 Å². The first-order valence-electron chi connectivity index (χ1n) is 25.8. The largest absolute Gasteiger partial charge is 0.332 e. The van der Waals surface area contributed by atoms with Crippen LogP contribution in [0, 0.1) is 0 Å². The monoisotopic (exact) mass is 755 g/mol. The Morgan fingerprint density at radius 2 is 0.593 bits per heavy atom. The lowest BCUT2D eigenvalue weighted by molar-refractivity contribution is 0.412. The van der Waals surface area contributed by atoms with Crippen LogP contribution in [0.4, 0.5) is 0 Å². The van der Waals surface area contributed by atoms with E-state index in [9.17, 15) is 0 Å². The molecule has 2 unspecified atom stereocenters. The van der Waals surface area contributed by atoms with Crippen LogP contribution in [-0.4, -0.2) is 9.55 Å². The zero-order chi connectivity index (χ0) is 38.8. The van der Waals surface area contributed by atoms with Crippen LogP contribution in [0.25, 0.3) is 0 Å². The van der Waals surface area contributed by atoms with Crippen molar-refractivity contribution in [3.63, 3.8) is 0 Å². The molecule has 1 rings (SSSR count). The fourth-order valence-corrected chi connectivity index (χ4v) is 9.01. The van der Waals surface area contributed by atoms with Gasteiger partial charge >= 0.3 is 0 Å². The molecular formula is C52H102N2. The SMILES string of the molecule is CCCCCCCCCCCCCCCCCCC(CCCCCCCCCCC)c1nccn1C(C)CCCCCCCCCCCCCCCCC. The fraction of sp³-hybridized carbons (Fsp3) is 0.942. The molecule has 0 aliphatic rings. The topological polar surface area (TPSA) is 17.8 Å². The van der Waals surface area contributed by atoms with Crippen LogP contribution in [0.3, 0.4) is 0 Å². The molecule has 0 radical (unpaired) electrons. The van der Waals surface area contributed by atoms with E-state index in [0.717, 1.165) is 0 Å². The summed E-state index contributed by atoms with van der Waals surface area (Å²) in [4.78, 5) is 5.07. The second kappa shape index (κ2) is 41.8. The Morgan fingerprint density at radius 1 is 0.352 bits per heavy atom. The third-order valence-corrected chi connectivity index (χ3v) is 12.8. The van der Waals surface area contributed by atoms with Gasteiger partial charge in [-0.25, -0.2) is 4.98 Å². The van der Waals surface area contributed by atoms with Gasteiger partial charge in [0.25, 0.3) is 0 Å². The van der Waals surface area contributed by atoms with Crippen molar-refractivity contribution in [3.05, 3.63) is 18.2 Å². The van der Waals surface area contributed by atoms with Gasteiger partial charge in [-0.2, -0.15) is 0 Å². The quantitative estimate of drug-likeness (QED) is 0.0606. The van der Waals surface area contributed by atoms with Crippen LogP contribution in [0.2, 0.25) is 0 Å². The van der Waals surface area contributed by atoms with Crippen LogP contribution >= 0.6 is 0 Å². The van der Waals surface area contributed by atoms with Crippen molar-refractivity contribution in [2.24, 2.45) is 0 Å². The molecule has 0 spiro atoms. The molecule has 1 aromatic rings. The smallest absolute Gasteiger partial charge is 0.111 e. The number of unbranched alkanes of at least 4 members (excludes halogenated alkanes) is 37. The molecule has 0 fully saturated rings. The fourth-order valence-electron chi connectivity index (χ4n) is 9.01. The molecule has 54 heavy (non-hydrogen) atoms. The van der Waals surface area contributed by atoms with Crippen LogP contribution in [-0.2, 0) is 0 Å². The summed E-state index contributed by atoms with van der Waals surface area (Å²) in [6, 6.07) is 0.584. The van der Waals surface area contributed by atoms with Crippen molar-refractivity contribution < 1.29 is 0 Å². The summed E-state index contributed by atoms with van der Waals surface area (Å²) in [6.45, 7) is 9.42. The molecular weight excluding hydrogens is 653 g/mol. The Bertz CT molecular complexity index is 828. The Balaban J connectivity index is 2.31. The molecule has 2 heteroatoms. The second-order valence-corrected chi connectivity index (χ2v) is 18.2. The van der Waals surface area contributed by atoms with E-state index in [1.165, 1.54) is 282 Å². The molecule has 0 N–H and O–H groups in total. The highest BCUT2D eigenvalue weighted by atomic mass is 15.1. The van der Waals surface area contributed by atoms with Gasteiger partial charge in [-0.3, -0.25) is 0 Å². The van der Waals surface area contributed by atoms with Crippen LogP contribution < -0.4 is 0 Å². The molecule has 0 aliphatic carbocycles. The minimum Gasteiger partial charge on any atom is -0.332 e. The van der Waals surface area contributed by atoms with E-state index < -0.39 is 0 Å². The van der Waals surface area contributed by atoms with Crippen molar-refractivity contribution in [2.75, 3.05) is 0 Å². The molecule has 0 amide bonds. The van der Waals surface area contributed by atoms with Gasteiger partial charge in [-0.15, -0.1) is 0 Å². The zero-order valence-electron chi connectivity index (χ0n) is 38.1.